The van der Waals surface area contributed by atoms with E-state index in [1.807, 2.05) is 51.1 Å². The number of benzene rings is 2. The molecule has 11 nitrogen and oxygen atoms in total. The van der Waals surface area contributed by atoms with Crippen molar-refractivity contribution in [3.63, 3.8) is 0 Å². The van der Waals surface area contributed by atoms with Crippen LogP contribution in [0, 0.1) is 11.8 Å². The number of nitrogens with two attached hydrogens (primary N) is 1. The van der Waals surface area contributed by atoms with Crippen molar-refractivity contribution >= 4 is 35.2 Å². The van der Waals surface area contributed by atoms with Gasteiger partial charge in [-0.1, -0.05) is 38.1 Å². The van der Waals surface area contributed by atoms with Crippen molar-refractivity contribution in [1.82, 2.24) is 15.5 Å². The number of amides is 3. The second-order valence-electron chi connectivity index (χ2n) is 10.7. The molecule has 0 spiro atoms. The maximum atomic E-state index is 12.4. The molecule has 2 atom stereocenters. The van der Waals surface area contributed by atoms with Crippen LogP contribution in [0.2, 0.25) is 0 Å². The van der Waals surface area contributed by atoms with Crippen molar-refractivity contribution in [2.45, 2.75) is 52.6 Å². The van der Waals surface area contributed by atoms with Crippen LogP contribution >= 0.6 is 0 Å². The average molecular weight is 565 g/mol. The molecule has 2 aliphatic heterocycles. The molecule has 0 aromatic heterocycles. The van der Waals surface area contributed by atoms with Gasteiger partial charge in [0.1, 0.15) is 12.3 Å². The van der Waals surface area contributed by atoms with Gasteiger partial charge < -0.3 is 30.7 Å². The van der Waals surface area contributed by atoms with Gasteiger partial charge in [-0.25, -0.2) is 9.79 Å². The van der Waals surface area contributed by atoms with Gasteiger partial charge in [0, 0.05) is 30.9 Å². The molecule has 2 unspecified atom stereocenters. The van der Waals surface area contributed by atoms with E-state index in [9.17, 15) is 14.4 Å². The number of ether oxygens (including phenoxy) is 2. The van der Waals surface area contributed by atoms with Crippen LogP contribution in [0.3, 0.4) is 0 Å². The summed E-state index contributed by atoms with van der Waals surface area (Å²) in [7, 11) is 0. The Kier molecular flexibility index (Phi) is 10.0. The fraction of sp³-hybridized carbons (Fsp3) is 0.467. The van der Waals surface area contributed by atoms with Crippen LogP contribution in [0.1, 0.15) is 44.7 Å². The number of aliphatic imine (C=N–C) groups is 1. The van der Waals surface area contributed by atoms with Crippen LogP contribution < -0.4 is 26.4 Å². The van der Waals surface area contributed by atoms with Crippen LogP contribution in [0.5, 0.6) is 5.75 Å². The number of nitrogens with one attached hydrogen (secondary N) is 3. The summed E-state index contributed by atoms with van der Waals surface area (Å²) in [5.74, 6) is -0.0775. The number of anilines is 1. The quantitative estimate of drug-likeness (QED) is 0.306. The molecule has 11 heteroatoms. The number of primary amides is 1. The molecule has 2 aromatic rings. The molecule has 2 aliphatic rings. The zero-order valence-electron chi connectivity index (χ0n) is 23.9. The summed E-state index contributed by atoms with van der Waals surface area (Å²) in [5, 5.41) is 8.89. The fourth-order valence-corrected chi connectivity index (χ4v) is 4.95. The van der Waals surface area contributed by atoms with Gasteiger partial charge in [-0.15, -0.1) is 0 Å². The molecule has 4 rings (SSSR count). The smallest absolute Gasteiger partial charge is 0.325 e. The van der Waals surface area contributed by atoms with Gasteiger partial charge in [-0.3, -0.25) is 14.9 Å². The summed E-state index contributed by atoms with van der Waals surface area (Å²) in [6.07, 6.45) is 2.17. The van der Waals surface area contributed by atoms with Crippen LogP contribution in [0.4, 0.5) is 16.2 Å². The number of para-hydroxylation sites is 1. The number of carbonyl (C=O) groups is 3. The number of fused-ring (bicyclic) bond motifs is 2. The van der Waals surface area contributed by atoms with E-state index >= 15 is 0 Å². The first-order valence-corrected chi connectivity index (χ1v) is 14.2. The number of guanidine groups is 1. The molecule has 3 amide bonds. The van der Waals surface area contributed by atoms with E-state index in [1.165, 1.54) is 5.56 Å². The van der Waals surface area contributed by atoms with Gasteiger partial charge in [-0.05, 0) is 55.4 Å². The van der Waals surface area contributed by atoms with Gasteiger partial charge in [0.05, 0.1) is 24.8 Å². The monoisotopic (exact) mass is 564 g/mol. The summed E-state index contributed by atoms with van der Waals surface area (Å²) < 4.78 is 11.4. The zero-order valence-corrected chi connectivity index (χ0v) is 23.9. The van der Waals surface area contributed by atoms with Crippen molar-refractivity contribution in [1.29, 1.82) is 0 Å². The lowest BCUT2D eigenvalue weighted by atomic mass is 9.87. The maximum Gasteiger partial charge on any atom is 0.325 e. The van der Waals surface area contributed by atoms with Crippen LogP contribution in [-0.2, 0) is 27.3 Å². The standard InChI is InChI=1S/C30H40N6O5/c1-4-32-30(39)35-29-34-26-15-22(11-9-21(26)16-36(29)17-27(37)41-18-19(2)3)40-14-13-23(28(31)38)25-12-10-20-7-5-6-8-24(20)33-25/h5-9,11,15,19,23,25,33H,4,10,12-14,16-18H2,1-3H3,(H2,31,38)(H2,32,34,35,39). The normalized spacial score (nSPS) is 16.4. The molecule has 2 aromatic carbocycles. The highest BCUT2D eigenvalue weighted by molar-refractivity contribution is 5.99. The van der Waals surface area contributed by atoms with Crippen molar-refractivity contribution in [3.8, 4) is 5.75 Å². The molecule has 5 N–H and O–H groups in total. The lowest BCUT2D eigenvalue weighted by Crippen LogP contribution is -2.50. The molecule has 0 bridgehead atoms. The molecule has 2 heterocycles. The minimum Gasteiger partial charge on any atom is -0.493 e. The van der Waals surface area contributed by atoms with Crippen LogP contribution in [0.25, 0.3) is 0 Å². The third-order valence-electron chi connectivity index (χ3n) is 7.04. The number of rotatable bonds is 11. The molecule has 0 saturated carbocycles. The van der Waals surface area contributed by atoms with Gasteiger partial charge in [0.25, 0.3) is 0 Å². The molecular weight excluding hydrogens is 524 g/mol. The SMILES string of the molecule is CCNC(=O)NC1=Nc2cc(OCCC(C(N)=O)C3CCc4ccccc4N3)ccc2CN1CC(=O)OCC(C)C. The van der Waals surface area contributed by atoms with E-state index in [0.717, 1.165) is 24.1 Å². The van der Waals surface area contributed by atoms with E-state index in [-0.39, 0.29) is 36.3 Å². The molecule has 0 saturated heterocycles. The second-order valence-corrected chi connectivity index (χ2v) is 10.7. The number of aryl methyl sites for hydroxylation is 1. The zero-order chi connectivity index (χ0) is 29.4. The van der Waals surface area contributed by atoms with E-state index in [0.29, 0.717) is 44.2 Å². The highest BCUT2D eigenvalue weighted by Gasteiger charge is 2.30. The molecule has 0 radical (unpaired) electrons. The predicted molar refractivity (Wildman–Crippen MR) is 157 cm³/mol. The van der Waals surface area contributed by atoms with Gasteiger partial charge >= 0.3 is 12.0 Å². The van der Waals surface area contributed by atoms with Crippen molar-refractivity contribution in [2.24, 2.45) is 22.6 Å². The summed E-state index contributed by atoms with van der Waals surface area (Å²) in [6, 6.07) is 13.1. The number of carbonyl (C=O) groups excluding carboxylic acids is 3. The van der Waals surface area contributed by atoms with Gasteiger partial charge in [-0.2, -0.15) is 0 Å². The minimum atomic E-state index is -0.418. The lowest BCUT2D eigenvalue weighted by Gasteiger charge is -2.32. The van der Waals surface area contributed by atoms with Crippen molar-refractivity contribution in [2.75, 3.05) is 31.6 Å². The Bertz CT molecular complexity index is 1280. The topological polar surface area (TPSA) is 147 Å². The Balaban J connectivity index is 1.41. The van der Waals surface area contributed by atoms with Gasteiger partial charge in [0.2, 0.25) is 11.9 Å². The predicted octanol–water partition coefficient (Wildman–Crippen LogP) is 3.31. The van der Waals surface area contributed by atoms with Crippen molar-refractivity contribution in [3.05, 3.63) is 53.6 Å². The highest BCUT2D eigenvalue weighted by atomic mass is 16.5. The molecule has 41 heavy (non-hydrogen) atoms. The molecule has 0 aliphatic carbocycles. The largest absolute Gasteiger partial charge is 0.493 e. The number of hydrogen-bond acceptors (Lipinski definition) is 8. The molecule has 220 valence electrons. The molecule has 0 fully saturated rings. The number of urea groups is 1. The minimum absolute atomic E-state index is 0.0518. The first kappa shape index (κ1) is 29.7. The number of nitrogens with zero attached hydrogens (tertiary/aromatic N) is 2. The van der Waals surface area contributed by atoms with Gasteiger partial charge in [0.15, 0.2) is 0 Å². The first-order chi connectivity index (χ1) is 19.7. The second kappa shape index (κ2) is 13.9. The Hall–Kier alpha value is -4.28. The Morgan fingerprint density at radius 1 is 1.17 bits per heavy atom. The first-order valence-electron chi connectivity index (χ1n) is 14.2. The van der Waals surface area contributed by atoms with Crippen LogP contribution in [-0.4, -0.2) is 61.1 Å². The molecular formula is C30H40N6O5. The number of esters is 1. The third kappa shape index (κ3) is 8.12. The average Bonchev–Trinajstić information content (AvgIpc) is 2.94. The fourth-order valence-electron chi connectivity index (χ4n) is 4.95. The highest BCUT2D eigenvalue weighted by Crippen LogP contribution is 2.31. The summed E-state index contributed by atoms with van der Waals surface area (Å²) in [4.78, 5) is 43.3. The Morgan fingerprint density at radius 3 is 2.73 bits per heavy atom. The summed E-state index contributed by atoms with van der Waals surface area (Å²) in [6.45, 7) is 7.11. The Labute approximate surface area is 240 Å². The third-order valence-corrected chi connectivity index (χ3v) is 7.04. The summed E-state index contributed by atoms with van der Waals surface area (Å²) in [5.41, 5.74) is 9.57. The van der Waals surface area contributed by atoms with Crippen molar-refractivity contribution < 1.29 is 23.9 Å². The lowest BCUT2D eigenvalue weighted by molar-refractivity contribution is -0.145. The van der Waals surface area contributed by atoms with E-state index in [2.05, 4.69) is 27.0 Å². The number of hydrogen-bond donors (Lipinski definition) is 4. The van der Waals surface area contributed by atoms with E-state index in [4.69, 9.17) is 15.2 Å². The van der Waals surface area contributed by atoms with Crippen LogP contribution in [0.15, 0.2) is 47.5 Å². The summed E-state index contributed by atoms with van der Waals surface area (Å²) >= 11 is 0. The van der Waals surface area contributed by atoms with E-state index < -0.39 is 12.0 Å². The Morgan fingerprint density at radius 2 is 1.98 bits per heavy atom. The maximum absolute atomic E-state index is 12.4. The van der Waals surface area contributed by atoms with E-state index in [1.54, 1.807) is 11.0 Å².